The molecule has 1 heterocycles. The molecule has 0 unspecified atom stereocenters. The summed E-state index contributed by atoms with van der Waals surface area (Å²) >= 11 is 0. The summed E-state index contributed by atoms with van der Waals surface area (Å²) in [5.74, 6) is -3.12. The number of sulfonamides is 1. The first-order valence-corrected chi connectivity index (χ1v) is 7.54. The van der Waals surface area contributed by atoms with Gasteiger partial charge in [0.25, 0.3) is 0 Å². The zero-order chi connectivity index (χ0) is 14.9. The van der Waals surface area contributed by atoms with Crippen molar-refractivity contribution in [2.45, 2.75) is 30.2 Å². The number of nitrogens with two attached hydrogens (primary N) is 1. The summed E-state index contributed by atoms with van der Waals surface area (Å²) in [5, 5.41) is 0. The Morgan fingerprint density at radius 2 is 1.95 bits per heavy atom. The summed E-state index contributed by atoms with van der Waals surface area (Å²) in [5.41, 5.74) is 5.21. The SMILES string of the molecule is NC(=O)[C@@H]1CCCCN1S(=O)(=O)c1ccc(F)c(F)c1. The second-order valence-electron chi connectivity index (χ2n) is 4.61. The molecule has 2 N–H and O–H groups in total. The van der Waals surface area contributed by atoms with Crippen LogP contribution in [0, 0.1) is 11.6 Å². The minimum atomic E-state index is -4.07. The smallest absolute Gasteiger partial charge is 0.243 e. The number of primary amides is 1. The minimum Gasteiger partial charge on any atom is -0.368 e. The molecule has 1 aliphatic heterocycles. The normalized spacial score (nSPS) is 20.8. The number of hydrogen-bond donors (Lipinski definition) is 1. The van der Waals surface area contributed by atoms with Gasteiger partial charge >= 0.3 is 0 Å². The highest BCUT2D eigenvalue weighted by Crippen LogP contribution is 2.26. The van der Waals surface area contributed by atoms with Gasteiger partial charge in [0.05, 0.1) is 4.90 Å². The topological polar surface area (TPSA) is 80.5 Å². The van der Waals surface area contributed by atoms with Crippen molar-refractivity contribution in [1.82, 2.24) is 4.31 Å². The predicted molar refractivity (Wildman–Crippen MR) is 67.1 cm³/mol. The minimum absolute atomic E-state index is 0.134. The summed E-state index contributed by atoms with van der Waals surface area (Å²) in [6, 6.07) is 1.38. The number of benzene rings is 1. The Bertz CT molecular complexity index is 634. The number of carbonyl (C=O) groups excluding carboxylic acids is 1. The van der Waals surface area contributed by atoms with Crippen molar-refractivity contribution >= 4 is 15.9 Å². The Balaban J connectivity index is 2.42. The molecule has 1 saturated heterocycles. The first kappa shape index (κ1) is 14.9. The lowest BCUT2D eigenvalue weighted by Gasteiger charge is -2.32. The second-order valence-corrected chi connectivity index (χ2v) is 6.50. The van der Waals surface area contributed by atoms with E-state index in [0.29, 0.717) is 25.3 Å². The number of rotatable bonds is 3. The van der Waals surface area contributed by atoms with Gasteiger partial charge in [-0.3, -0.25) is 4.79 Å². The van der Waals surface area contributed by atoms with E-state index in [1.54, 1.807) is 0 Å². The number of hydrogen-bond acceptors (Lipinski definition) is 3. The lowest BCUT2D eigenvalue weighted by Crippen LogP contribution is -2.50. The first-order valence-electron chi connectivity index (χ1n) is 6.10. The van der Waals surface area contributed by atoms with Crippen molar-refractivity contribution in [3.8, 4) is 0 Å². The Kier molecular flexibility index (Phi) is 4.05. The third-order valence-corrected chi connectivity index (χ3v) is 5.18. The van der Waals surface area contributed by atoms with Gasteiger partial charge in [0, 0.05) is 6.54 Å². The van der Waals surface area contributed by atoms with E-state index in [9.17, 15) is 22.0 Å². The molecule has 1 amide bonds. The van der Waals surface area contributed by atoms with E-state index in [2.05, 4.69) is 0 Å². The largest absolute Gasteiger partial charge is 0.368 e. The summed E-state index contributed by atoms with van der Waals surface area (Å²) in [6.07, 6.45) is 1.61. The monoisotopic (exact) mass is 304 g/mol. The van der Waals surface area contributed by atoms with Crippen LogP contribution < -0.4 is 5.73 Å². The van der Waals surface area contributed by atoms with E-state index < -0.39 is 33.6 Å². The molecule has 0 saturated carbocycles. The van der Waals surface area contributed by atoms with Gasteiger partial charge in [-0.25, -0.2) is 17.2 Å². The Morgan fingerprint density at radius 1 is 1.25 bits per heavy atom. The summed E-state index contributed by atoms with van der Waals surface area (Å²) in [7, 11) is -4.07. The van der Waals surface area contributed by atoms with Crippen molar-refractivity contribution in [1.29, 1.82) is 0 Å². The van der Waals surface area contributed by atoms with Gasteiger partial charge in [-0.15, -0.1) is 0 Å². The van der Waals surface area contributed by atoms with Gasteiger partial charge in [0.15, 0.2) is 11.6 Å². The molecule has 2 rings (SSSR count). The molecule has 5 nitrogen and oxygen atoms in total. The molecular weight excluding hydrogens is 290 g/mol. The molecule has 0 bridgehead atoms. The van der Waals surface area contributed by atoms with Crippen LogP contribution >= 0.6 is 0 Å². The van der Waals surface area contributed by atoms with Crippen LogP contribution in [0.15, 0.2) is 23.1 Å². The fraction of sp³-hybridized carbons (Fsp3) is 0.417. The van der Waals surface area contributed by atoms with Crippen LogP contribution in [0.25, 0.3) is 0 Å². The molecule has 1 fully saturated rings. The molecule has 0 aliphatic carbocycles. The lowest BCUT2D eigenvalue weighted by molar-refractivity contribution is -0.122. The van der Waals surface area contributed by atoms with Crippen molar-refractivity contribution in [2.24, 2.45) is 5.73 Å². The molecule has 1 aliphatic rings. The molecule has 0 radical (unpaired) electrons. The Labute approximate surface area is 115 Å². The number of nitrogens with zero attached hydrogens (tertiary/aromatic N) is 1. The van der Waals surface area contributed by atoms with Crippen LogP contribution in [0.3, 0.4) is 0 Å². The standard InChI is InChI=1S/C12H14F2N2O3S/c13-9-5-4-8(7-10(9)14)20(18,19)16-6-2-1-3-11(16)12(15)17/h4-5,7,11H,1-3,6H2,(H2,15,17)/t11-/m0/s1. The third-order valence-electron chi connectivity index (χ3n) is 3.28. The van der Waals surface area contributed by atoms with Gasteiger partial charge in [-0.05, 0) is 31.0 Å². The Morgan fingerprint density at radius 3 is 2.55 bits per heavy atom. The maximum absolute atomic E-state index is 13.2. The number of amides is 1. The van der Waals surface area contributed by atoms with Crippen LogP contribution in [0.2, 0.25) is 0 Å². The average molecular weight is 304 g/mol. The molecular formula is C12H14F2N2O3S. The van der Waals surface area contributed by atoms with E-state index in [-0.39, 0.29) is 11.4 Å². The van der Waals surface area contributed by atoms with Gasteiger partial charge in [-0.2, -0.15) is 4.31 Å². The van der Waals surface area contributed by atoms with Gasteiger partial charge in [-0.1, -0.05) is 6.42 Å². The number of piperidine rings is 1. The quantitative estimate of drug-likeness (QED) is 0.904. The second kappa shape index (κ2) is 5.45. The summed E-state index contributed by atoms with van der Waals surface area (Å²) in [4.78, 5) is 11.0. The van der Waals surface area contributed by atoms with Gasteiger partial charge < -0.3 is 5.73 Å². The van der Waals surface area contributed by atoms with E-state index in [1.807, 2.05) is 0 Å². The summed E-state index contributed by atoms with van der Waals surface area (Å²) in [6.45, 7) is 0.134. The molecule has 8 heteroatoms. The van der Waals surface area contributed by atoms with E-state index in [0.717, 1.165) is 16.4 Å². The van der Waals surface area contributed by atoms with Crippen molar-refractivity contribution in [3.63, 3.8) is 0 Å². The number of halogens is 2. The van der Waals surface area contributed by atoms with Gasteiger partial charge in [0.2, 0.25) is 15.9 Å². The van der Waals surface area contributed by atoms with E-state index in [1.165, 1.54) is 0 Å². The van der Waals surface area contributed by atoms with E-state index in [4.69, 9.17) is 5.73 Å². The molecule has 110 valence electrons. The highest BCUT2D eigenvalue weighted by Gasteiger charge is 2.36. The maximum Gasteiger partial charge on any atom is 0.243 e. The van der Waals surface area contributed by atoms with Crippen LogP contribution in [0.1, 0.15) is 19.3 Å². The molecule has 0 spiro atoms. The maximum atomic E-state index is 13.2. The first-order chi connectivity index (χ1) is 9.34. The zero-order valence-electron chi connectivity index (χ0n) is 10.6. The average Bonchev–Trinajstić information content (AvgIpc) is 2.41. The van der Waals surface area contributed by atoms with Crippen molar-refractivity contribution in [2.75, 3.05) is 6.54 Å². The predicted octanol–water partition coefficient (Wildman–Crippen LogP) is 0.993. The van der Waals surface area contributed by atoms with Crippen molar-refractivity contribution in [3.05, 3.63) is 29.8 Å². The third kappa shape index (κ3) is 2.66. The lowest BCUT2D eigenvalue weighted by atomic mass is 10.0. The molecule has 1 atom stereocenters. The van der Waals surface area contributed by atoms with Crippen LogP contribution in [0.4, 0.5) is 8.78 Å². The summed E-state index contributed by atoms with van der Waals surface area (Å²) < 4.78 is 51.8. The molecule has 1 aromatic carbocycles. The van der Waals surface area contributed by atoms with Crippen molar-refractivity contribution < 1.29 is 22.0 Å². The zero-order valence-corrected chi connectivity index (χ0v) is 11.4. The fourth-order valence-corrected chi connectivity index (χ4v) is 3.93. The molecule has 1 aromatic rings. The fourth-order valence-electron chi connectivity index (χ4n) is 2.25. The van der Waals surface area contributed by atoms with Crippen LogP contribution in [-0.4, -0.2) is 31.2 Å². The molecule has 20 heavy (non-hydrogen) atoms. The van der Waals surface area contributed by atoms with Crippen LogP contribution in [-0.2, 0) is 14.8 Å². The van der Waals surface area contributed by atoms with Crippen LogP contribution in [0.5, 0.6) is 0 Å². The van der Waals surface area contributed by atoms with Gasteiger partial charge in [0.1, 0.15) is 6.04 Å². The van der Waals surface area contributed by atoms with E-state index >= 15 is 0 Å². The molecule has 0 aromatic heterocycles. The highest BCUT2D eigenvalue weighted by molar-refractivity contribution is 7.89. The Hall–Kier alpha value is -1.54. The highest BCUT2D eigenvalue weighted by atomic mass is 32.2. The number of carbonyl (C=O) groups is 1.